The molecule has 1 aromatic carbocycles. The van der Waals surface area contributed by atoms with Gasteiger partial charge in [-0.05, 0) is 71.8 Å². The molecule has 0 amide bonds. The van der Waals surface area contributed by atoms with Gasteiger partial charge in [-0.1, -0.05) is 73.1 Å². The van der Waals surface area contributed by atoms with Crippen LogP contribution >= 0.6 is 10.5 Å². The number of unbranched alkanes of at least 4 members (excludes halogenated alkanes) is 2. The van der Waals surface area contributed by atoms with Crippen molar-refractivity contribution >= 4 is 28.5 Å². The molecule has 0 fully saturated rings. The molecule has 1 atom stereocenters. The van der Waals surface area contributed by atoms with Crippen LogP contribution in [0, 0.1) is 0 Å². The number of hydrogen-bond acceptors (Lipinski definition) is 3. The van der Waals surface area contributed by atoms with Crippen LogP contribution in [0.1, 0.15) is 96.7 Å². The van der Waals surface area contributed by atoms with Crippen molar-refractivity contribution in [2.24, 2.45) is 0 Å². The van der Waals surface area contributed by atoms with E-state index in [0.717, 1.165) is 29.7 Å². The molecule has 1 aromatic heterocycles. The van der Waals surface area contributed by atoms with Crippen molar-refractivity contribution in [2.75, 3.05) is 11.5 Å². The fourth-order valence-corrected chi connectivity index (χ4v) is 5.03. The third-order valence-electron chi connectivity index (χ3n) is 5.66. The molecule has 0 saturated carbocycles. The van der Waals surface area contributed by atoms with Gasteiger partial charge < -0.3 is 5.11 Å². The van der Waals surface area contributed by atoms with Gasteiger partial charge in [0.15, 0.2) is 0 Å². The Kier molecular flexibility index (Phi) is 9.30. The monoisotopic (exact) mass is 469 g/mol. The molecule has 0 spiro atoms. The Morgan fingerprint density at radius 1 is 1.00 bits per heavy atom. The van der Waals surface area contributed by atoms with Crippen LogP contribution in [0.25, 0.3) is 17.8 Å². The molecule has 0 radical (unpaired) electrons. The van der Waals surface area contributed by atoms with E-state index in [2.05, 4.69) is 78.2 Å². The fraction of sp³-hybridized carbons (Fsp3) is 0.536. The molecule has 0 bridgehead atoms. The SMILES string of the molecule is C=Cc1nn(-c2cc(C(C)(C)C)cc(C(C)(C)C)c2O)nc1/C=C/CCCCS(=C)CCC. The highest BCUT2D eigenvalue weighted by Crippen LogP contribution is 2.39. The Labute approximate surface area is 203 Å². The van der Waals surface area contributed by atoms with Crippen molar-refractivity contribution in [3.8, 4) is 11.4 Å². The van der Waals surface area contributed by atoms with Gasteiger partial charge in [-0.3, -0.25) is 0 Å². The highest BCUT2D eigenvalue weighted by atomic mass is 32.2. The van der Waals surface area contributed by atoms with Gasteiger partial charge in [-0.2, -0.15) is 10.5 Å². The number of allylic oxidation sites excluding steroid dienone is 1. The minimum absolute atomic E-state index is 0.0652. The van der Waals surface area contributed by atoms with Crippen LogP contribution in [0.5, 0.6) is 5.75 Å². The number of phenolic OH excluding ortho intramolecular Hbond substituents is 1. The third-order valence-corrected chi connectivity index (χ3v) is 7.51. The zero-order valence-electron chi connectivity index (χ0n) is 21.7. The second kappa shape index (κ2) is 11.3. The number of rotatable bonds is 10. The van der Waals surface area contributed by atoms with Gasteiger partial charge in [0, 0.05) is 5.56 Å². The van der Waals surface area contributed by atoms with E-state index in [9.17, 15) is 5.11 Å². The van der Waals surface area contributed by atoms with E-state index in [4.69, 9.17) is 5.10 Å². The number of aromatic nitrogens is 3. The summed E-state index contributed by atoms with van der Waals surface area (Å²) < 4.78 is 0. The zero-order chi connectivity index (χ0) is 24.8. The van der Waals surface area contributed by atoms with Gasteiger partial charge in [-0.15, -0.1) is 15.0 Å². The van der Waals surface area contributed by atoms with E-state index in [0.29, 0.717) is 21.9 Å². The van der Waals surface area contributed by atoms with Gasteiger partial charge in [0.25, 0.3) is 0 Å². The number of phenols is 1. The first-order chi connectivity index (χ1) is 15.4. The molecule has 0 aliphatic rings. The molecule has 33 heavy (non-hydrogen) atoms. The van der Waals surface area contributed by atoms with E-state index in [1.54, 1.807) is 10.9 Å². The molecular weight excluding hydrogens is 426 g/mol. The predicted molar refractivity (Wildman–Crippen MR) is 148 cm³/mol. The lowest BCUT2D eigenvalue weighted by Gasteiger charge is -2.27. The summed E-state index contributed by atoms with van der Waals surface area (Å²) in [4.78, 5) is 1.55. The maximum atomic E-state index is 11.1. The van der Waals surface area contributed by atoms with Crippen LogP contribution in [-0.2, 0) is 10.8 Å². The van der Waals surface area contributed by atoms with E-state index in [1.807, 2.05) is 12.1 Å². The largest absolute Gasteiger partial charge is 0.505 e. The average molecular weight is 470 g/mol. The molecule has 0 aliphatic carbocycles. The molecule has 2 aromatic rings. The molecule has 1 heterocycles. The Morgan fingerprint density at radius 3 is 2.24 bits per heavy atom. The van der Waals surface area contributed by atoms with Gasteiger partial charge >= 0.3 is 0 Å². The average Bonchev–Trinajstić information content (AvgIpc) is 3.12. The van der Waals surface area contributed by atoms with Crippen LogP contribution in [0.3, 0.4) is 0 Å². The Balaban J connectivity index is 2.30. The topological polar surface area (TPSA) is 50.9 Å². The van der Waals surface area contributed by atoms with E-state index < -0.39 is 0 Å². The van der Waals surface area contributed by atoms with Crippen molar-refractivity contribution in [2.45, 2.75) is 85.0 Å². The molecule has 0 saturated heterocycles. The van der Waals surface area contributed by atoms with Crippen molar-refractivity contribution in [1.82, 2.24) is 15.0 Å². The number of aromatic hydroxyl groups is 1. The summed E-state index contributed by atoms with van der Waals surface area (Å²) in [6.07, 6.45) is 10.5. The molecule has 1 unspecified atom stereocenters. The van der Waals surface area contributed by atoms with Crippen molar-refractivity contribution in [1.29, 1.82) is 0 Å². The standard InChI is InChI=1S/C28H43N3OS/c1-10-17-33(9)18-15-13-12-14-16-24-23(11-2)29-31(30-24)25-20-21(27(3,4)5)19-22(26(25)32)28(6,7)8/h11,14,16,19-20,32H,2,9-10,12-13,15,17-18H2,1,3-8H3/b16-14+. The first kappa shape index (κ1) is 27.1. The van der Waals surface area contributed by atoms with Crippen LogP contribution in [0.15, 0.2) is 24.8 Å². The van der Waals surface area contributed by atoms with Crippen LogP contribution in [0.2, 0.25) is 0 Å². The normalized spacial score (nSPS) is 13.5. The van der Waals surface area contributed by atoms with Crippen LogP contribution < -0.4 is 0 Å². The number of nitrogens with zero attached hydrogens (tertiary/aromatic N) is 3. The second-order valence-corrected chi connectivity index (χ2v) is 12.8. The smallest absolute Gasteiger partial charge is 0.146 e. The summed E-state index contributed by atoms with van der Waals surface area (Å²) in [6, 6.07) is 4.10. The molecule has 1 N–H and O–H groups in total. The lowest BCUT2D eigenvalue weighted by molar-refractivity contribution is 0.438. The minimum atomic E-state index is -0.206. The molecule has 182 valence electrons. The minimum Gasteiger partial charge on any atom is -0.505 e. The highest BCUT2D eigenvalue weighted by Gasteiger charge is 2.26. The maximum absolute atomic E-state index is 11.1. The summed E-state index contributed by atoms with van der Waals surface area (Å²) in [6.45, 7) is 19.0. The third kappa shape index (κ3) is 7.43. The van der Waals surface area contributed by atoms with Crippen LogP contribution in [0.4, 0.5) is 0 Å². The first-order valence-electron chi connectivity index (χ1n) is 12.0. The molecule has 0 aliphatic heterocycles. The quantitative estimate of drug-likeness (QED) is 0.289. The summed E-state index contributed by atoms with van der Waals surface area (Å²) in [5.41, 5.74) is 3.85. The Bertz CT molecular complexity index is 1000. The highest BCUT2D eigenvalue weighted by molar-refractivity contribution is 8.14. The molecule has 5 heteroatoms. The van der Waals surface area contributed by atoms with Crippen molar-refractivity contribution in [3.63, 3.8) is 0 Å². The molecular formula is C28H43N3OS. The van der Waals surface area contributed by atoms with E-state index in [-0.39, 0.29) is 16.6 Å². The van der Waals surface area contributed by atoms with E-state index in [1.165, 1.54) is 24.3 Å². The predicted octanol–water partition coefficient (Wildman–Crippen LogP) is 7.51. The van der Waals surface area contributed by atoms with Gasteiger partial charge in [0.2, 0.25) is 0 Å². The van der Waals surface area contributed by atoms with Crippen LogP contribution in [-0.4, -0.2) is 37.5 Å². The lowest BCUT2D eigenvalue weighted by Crippen LogP contribution is -2.18. The molecule has 4 nitrogen and oxygen atoms in total. The Hall–Kier alpha value is -2.14. The van der Waals surface area contributed by atoms with Gasteiger partial charge in [0.05, 0.1) is 0 Å². The fourth-order valence-electron chi connectivity index (χ4n) is 3.63. The molecule has 2 rings (SSSR count). The lowest BCUT2D eigenvalue weighted by atomic mass is 9.80. The second-order valence-electron chi connectivity index (χ2n) is 10.8. The van der Waals surface area contributed by atoms with Gasteiger partial charge in [-0.25, -0.2) is 0 Å². The summed E-state index contributed by atoms with van der Waals surface area (Å²) in [5, 5.41) is 20.5. The number of hydrogen-bond donors (Lipinski definition) is 1. The van der Waals surface area contributed by atoms with Crippen molar-refractivity contribution in [3.05, 3.63) is 47.3 Å². The van der Waals surface area contributed by atoms with Gasteiger partial charge in [0.1, 0.15) is 22.8 Å². The zero-order valence-corrected chi connectivity index (χ0v) is 22.6. The number of benzene rings is 1. The Morgan fingerprint density at radius 2 is 1.67 bits per heavy atom. The summed E-state index contributed by atoms with van der Waals surface area (Å²) >= 11 is 0. The van der Waals surface area contributed by atoms with E-state index >= 15 is 0 Å². The summed E-state index contributed by atoms with van der Waals surface area (Å²) in [5.74, 6) is 6.94. The first-order valence-corrected chi connectivity index (χ1v) is 13.7. The maximum Gasteiger partial charge on any atom is 0.146 e. The van der Waals surface area contributed by atoms with Crippen molar-refractivity contribution < 1.29 is 5.11 Å². The summed E-state index contributed by atoms with van der Waals surface area (Å²) in [7, 11) is 0.310.